The maximum absolute atomic E-state index is 12.5. The van der Waals surface area contributed by atoms with E-state index in [4.69, 9.17) is 13.1 Å². The van der Waals surface area contributed by atoms with Crippen LogP contribution in [0.2, 0.25) is 0 Å². The molecule has 0 fully saturated rings. The number of rotatable bonds is 0. The van der Waals surface area contributed by atoms with Gasteiger partial charge >= 0.3 is 0 Å². The van der Waals surface area contributed by atoms with Crippen LogP contribution < -0.4 is 5.46 Å². The summed E-state index contributed by atoms with van der Waals surface area (Å²) in [6.07, 6.45) is 0. The van der Waals surface area contributed by atoms with E-state index in [9.17, 15) is 4.39 Å². The highest BCUT2D eigenvalue weighted by molar-refractivity contribution is 6.32. The smallest absolute Gasteiger partial charge is 0.140 e. The van der Waals surface area contributed by atoms with Crippen LogP contribution in [0.3, 0.4) is 0 Å². The summed E-state index contributed by atoms with van der Waals surface area (Å²) in [7, 11) is 5.29. The van der Waals surface area contributed by atoms with E-state index in [1.54, 1.807) is 6.07 Å². The van der Waals surface area contributed by atoms with E-state index >= 15 is 0 Å². The van der Waals surface area contributed by atoms with Crippen LogP contribution in [0.15, 0.2) is 18.2 Å². The summed E-state index contributed by atoms with van der Waals surface area (Å²) in [6, 6.07) is 5.57. The molecule has 0 saturated carbocycles. The second-order valence-electron chi connectivity index (χ2n) is 1.85. The third-order valence-corrected chi connectivity index (χ3v) is 1.11. The highest BCUT2D eigenvalue weighted by Crippen LogP contribution is 2.01. The summed E-state index contributed by atoms with van der Waals surface area (Å²) in [4.78, 5) is 0. The van der Waals surface area contributed by atoms with Gasteiger partial charge in [0.05, 0.1) is 5.56 Å². The summed E-state index contributed by atoms with van der Waals surface area (Å²) in [5, 5.41) is 8.30. The molecule has 1 aromatic rings. The molecule has 3 heteroatoms. The average molecular weight is 131 g/mol. The Morgan fingerprint density at radius 1 is 1.50 bits per heavy atom. The van der Waals surface area contributed by atoms with E-state index in [-0.39, 0.29) is 5.56 Å². The molecule has 0 bridgehead atoms. The second kappa shape index (κ2) is 2.53. The molecule has 0 spiro atoms. The Morgan fingerprint density at radius 2 is 2.20 bits per heavy atom. The maximum atomic E-state index is 12.5. The lowest BCUT2D eigenvalue weighted by Crippen LogP contribution is -2.02. The van der Waals surface area contributed by atoms with Crippen LogP contribution in [-0.4, -0.2) is 7.85 Å². The molecule has 0 saturated heterocycles. The number of hydrogen-bond acceptors (Lipinski definition) is 1. The average Bonchev–Trinajstić information content (AvgIpc) is 1.94. The summed E-state index contributed by atoms with van der Waals surface area (Å²) >= 11 is 0. The van der Waals surface area contributed by atoms with Gasteiger partial charge in [-0.3, -0.25) is 0 Å². The van der Waals surface area contributed by atoms with E-state index in [0.29, 0.717) is 5.46 Å². The predicted molar refractivity (Wildman–Crippen MR) is 36.5 cm³/mol. The number of nitriles is 1. The molecule has 1 nitrogen and oxygen atoms in total. The lowest BCUT2D eigenvalue weighted by atomic mass is 9.94. The number of benzene rings is 1. The molecule has 1 aromatic carbocycles. The summed E-state index contributed by atoms with van der Waals surface area (Å²) in [5.41, 5.74) is 0.387. The number of halogens is 1. The molecular weight excluding hydrogens is 128 g/mol. The highest BCUT2D eigenvalue weighted by atomic mass is 19.1. The fraction of sp³-hybridized carbons (Fsp3) is 0. The number of nitrogens with zero attached hydrogens (tertiary/aromatic N) is 1. The van der Waals surface area contributed by atoms with Crippen LogP contribution >= 0.6 is 0 Å². The molecule has 0 atom stereocenters. The normalized spacial score (nSPS) is 8.80. The van der Waals surface area contributed by atoms with Gasteiger partial charge in [0.2, 0.25) is 0 Å². The topological polar surface area (TPSA) is 23.8 Å². The molecule has 0 aliphatic rings. The lowest BCUT2D eigenvalue weighted by Gasteiger charge is -1.93. The van der Waals surface area contributed by atoms with Gasteiger partial charge < -0.3 is 0 Å². The molecule has 2 radical (unpaired) electrons. The second-order valence-corrected chi connectivity index (χ2v) is 1.85. The fourth-order valence-corrected chi connectivity index (χ4v) is 0.629. The van der Waals surface area contributed by atoms with Gasteiger partial charge in [-0.1, -0.05) is 11.5 Å². The molecular formula is C7H3BFN. The van der Waals surface area contributed by atoms with Gasteiger partial charge in [-0.25, -0.2) is 4.39 Å². The van der Waals surface area contributed by atoms with E-state index in [0.717, 1.165) is 0 Å². The Morgan fingerprint density at radius 3 is 2.70 bits per heavy atom. The first-order chi connectivity index (χ1) is 4.74. The molecule has 46 valence electrons. The first kappa shape index (κ1) is 6.82. The zero-order chi connectivity index (χ0) is 7.56. The van der Waals surface area contributed by atoms with Crippen molar-refractivity contribution in [2.24, 2.45) is 0 Å². The van der Waals surface area contributed by atoms with Crippen LogP contribution in [0.1, 0.15) is 5.56 Å². The van der Waals surface area contributed by atoms with Crippen molar-refractivity contribution in [3.63, 3.8) is 0 Å². The van der Waals surface area contributed by atoms with Gasteiger partial charge in [0.1, 0.15) is 19.7 Å². The van der Waals surface area contributed by atoms with E-state index in [1.807, 2.05) is 0 Å². The Bertz CT molecular complexity index is 290. The molecule has 0 heterocycles. The largest absolute Gasteiger partial charge is 0.206 e. The van der Waals surface area contributed by atoms with Gasteiger partial charge in [-0.2, -0.15) is 5.26 Å². The van der Waals surface area contributed by atoms with Gasteiger partial charge in [-0.15, -0.1) is 0 Å². The van der Waals surface area contributed by atoms with Crippen molar-refractivity contribution < 1.29 is 4.39 Å². The van der Waals surface area contributed by atoms with Gasteiger partial charge in [-0.05, 0) is 12.1 Å². The Labute approximate surface area is 59.5 Å². The fourth-order valence-electron chi connectivity index (χ4n) is 0.629. The summed E-state index contributed by atoms with van der Waals surface area (Å²) in [6.45, 7) is 0. The quantitative estimate of drug-likeness (QED) is 0.470. The Kier molecular flexibility index (Phi) is 1.72. The maximum Gasteiger partial charge on any atom is 0.140 e. The van der Waals surface area contributed by atoms with Crippen LogP contribution in [0, 0.1) is 17.1 Å². The van der Waals surface area contributed by atoms with E-state index in [2.05, 4.69) is 0 Å². The van der Waals surface area contributed by atoms with Gasteiger partial charge in [0, 0.05) is 0 Å². The lowest BCUT2D eigenvalue weighted by molar-refractivity contribution is 0.624. The molecule has 0 amide bonds. The molecule has 0 aromatic heterocycles. The minimum Gasteiger partial charge on any atom is -0.206 e. The third-order valence-electron chi connectivity index (χ3n) is 1.11. The Balaban J connectivity index is 3.25. The molecule has 0 aliphatic heterocycles. The molecule has 10 heavy (non-hydrogen) atoms. The van der Waals surface area contributed by atoms with Crippen LogP contribution in [0.5, 0.6) is 0 Å². The van der Waals surface area contributed by atoms with Crippen LogP contribution in [0.4, 0.5) is 4.39 Å². The van der Waals surface area contributed by atoms with E-state index in [1.165, 1.54) is 18.2 Å². The molecule has 0 aliphatic carbocycles. The van der Waals surface area contributed by atoms with E-state index < -0.39 is 5.82 Å². The molecule has 0 unspecified atom stereocenters. The van der Waals surface area contributed by atoms with Gasteiger partial charge in [0.15, 0.2) is 0 Å². The van der Waals surface area contributed by atoms with Crippen molar-refractivity contribution in [1.82, 2.24) is 0 Å². The minimum atomic E-state index is -0.531. The first-order valence-electron chi connectivity index (χ1n) is 2.69. The van der Waals surface area contributed by atoms with Crippen LogP contribution in [-0.2, 0) is 0 Å². The molecule has 0 N–H and O–H groups in total. The van der Waals surface area contributed by atoms with Crippen molar-refractivity contribution in [2.75, 3.05) is 0 Å². The SMILES string of the molecule is [B]c1ccc(F)c(C#N)c1. The Hall–Kier alpha value is -1.30. The zero-order valence-corrected chi connectivity index (χ0v) is 5.13. The summed E-state index contributed by atoms with van der Waals surface area (Å²) < 4.78 is 12.5. The highest BCUT2D eigenvalue weighted by Gasteiger charge is 1.97. The first-order valence-corrected chi connectivity index (χ1v) is 2.69. The van der Waals surface area contributed by atoms with Crippen LogP contribution in [0.25, 0.3) is 0 Å². The monoisotopic (exact) mass is 131 g/mol. The van der Waals surface area contributed by atoms with Gasteiger partial charge in [0.25, 0.3) is 0 Å². The van der Waals surface area contributed by atoms with Crippen molar-refractivity contribution in [3.8, 4) is 6.07 Å². The van der Waals surface area contributed by atoms with Crippen molar-refractivity contribution in [2.45, 2.75) is 0 Å². The summed E-state index contributed by atoms with van der Waals surface area (Å²) in [5.74, 6) is -0.531. The van der Waals surface area contributed by atoms with Crippen molar-refractivity contribution in [1.29, 1.82) is 5.26 Å². The minimum absolute atomic E-state index is 0.0139. The predicted octanol–water partition coefficient (Wildman–Crippen LogP) is 0.491. The van der Waals surface area contributed by atoms with Crippen molar-refractivity contribution in [3.05, 3.63) is 29.6 Å². The zero-order valence-electron chi connectivity index (χ0n) is 5.13. The number of hydrogen-bond donors (Lipinski definition) is 0. The standard InChI is InChI=1S/C7H3BFN/c8-6-1-2-7(9)5(3-6)4-10/h1-3H. The third kappa shape index (κ3) is 1.16. The van der Waals surface area contributed by atoms with Crippen molar-refractivity contribution >= 4 is 13.3 Å². The molecule has 1 rings (SSSR count).